The van der Waals surface area contributed by atoms with E-state index in [1.807, 2.05) is 20.8 Å². The minimum atomic E-state index is -3.70. The lowest BCUT2D eigenvalue weighted by Gasteiger charge is -2.13. The van der Waals surface area contributed by atoms with E-state index in [9.17, 15) is 13.5 Å². The molecule has 1 N–H and O–H groups in total. The smallest absolute Gasteiger partial charge is 0.221 e. The first-order valence-electron chi connectivity index (χ1n) is 8.24. The first kappa shape index (κ1) is 18.2. The molecule has 0 radical (unpaired) electrons. The largest absolute Gasteiger partial charge is 0.390 e. The third-order valence-corrected chi connectivity index (χ3v) is 6.39. The Kier molecular flexibility index (Phi) is 5.65. The topological polar surface area (TPSA) is 66.9 Å². The molecule has 0 unspecified atom stereocenters. The van der Waals surface area contributed by atoms with Gasteiger partial charge in [-0.15, -0.1) is 0 Å². The van der Waals surface area contributed by atoms with Gasteiger partial charge in [0, 0.05) is 0 Å². The van der Waals surface area contributed by atoms with Gasteiger partial charge in [-0.25, -0.2) is 8.42 Å². The molecule has 128 valence electrons. The molecule has 23 heavy (non-hydrogen) atoms. The molecule has 0 aliphatic carbocycles. The molecule has 1 aliphatic heterocycles. The molecule has 1 heterocycles. The van der Waals surface area contributed by atoms with Crippen molar-refractivity contribution < 1.29 is 18.3 Å². The Morgan fingerprint density at radius 2 is 1.96 bits per heavy atom. The van der Waals surface area contributed by atoms with Crippen LogP contribution in [0.3, 0.4) is 0 Å². The summed E-state index contributed by atoms with van der Waals surface area (Å²) in [4.78, 5) is -1.19. The van der Waals surface area contributed by atoms with Crippen LogP contribution in [0, 0.1) is 6.92 Å². The Morgan fingerprint density at radius 3 is 2.52 bits per heavy atom. The fourth-order valence-corrected chi connectivity index (χ4v) is 4.53. The van der Waals surface area contributed by atoms with Crippen molar-refractivity contribution in [3.63, 3.8) is 0 Å². The molecule has 1 aromatic carbocycles. The zero-order valence-corrected chi connectivity index (χ0v) is 14.8. The molecule has 5 heteroatoms. The number of aliphatic hydroxyl groups is 1. The van der Waals surface area contributed by atoms with E-state index in [1.165, 1.54) is 0 Å². The SMILES string of the molecule is CC/C=C/[C@@]1(S(=O)(=O)c2ccc(C)cc2)O[C@@H]1[C@@H](O)CCCC. The van der Waals surface area contributed by atoms with Gasteiger partial charge in [-0.2, -0.15) is 0 Å². The highest BCUT2D eigenvalue weighted by atomic mass is 32.2. The molecule has 4 nitrogen and oxygen atoms in total. The second-order valence-corrected chi connectivity index (χ2v) is 8.21. The third-order valence-electron chi connectivity index (χ3n) is 4.19. The number of epoxide rings is 1. The Hall–Kier alpha value is -1.17. The van der Waals surface area contributed by atoms with E-state index >= 15 is 0 Å². The normalized spacial score (nSPS) is 25.7. The first-order valence-corrected chi connectivity index (χ1v) is 9.72. The number of rotatable bonds is 8. The monoisotopic (exact) mass is 338 g/mol. The number of aryl methyl sites for hydroxylation is 1. The van der Waals surface area contributed by atoms with Gasteiger partial charge in [-0.05, 0) is 38.0 Å². The zero-order chi connectivity index (χ0) is 17.1. The van der Waals surface area contributed by atoms with E-state index in [-0.39, 0.29) is 4.90 Å². The quantitative estimate of drug-likeness (QED) is 0.583. The molecular formula is C18H26O4S. The number of ether oxygens (including phenoxy) is 1. The fraction of sp³-hybridized carbons (Fsp3) is 0.556. The number of unbranched alkanes of at least 4 members (excludes halogenated alkanes) is 1. The van der Waals surface area contributed by atoms with Crippen LogP contribution in [0.1, 0.15) is 45.1 Å². The van der Waals surface area contributed by atoms with Gasteiger partial charge in [0.2, 0.25) is 14.8 Å². The van der Waals surface area contributed by atoms with Gasteiger partial charge in [-0.3, -0.25) is 0 Å². The van der Waals surface area contributed by atoms with E-state index in [4.69, 9.17) is 4.74 Å². The number of benzene rings is 1. The van der Waals surface area contributed by atoms with E-state index in [2.05, 4.69) is 0 Å². The van der Waals surface area contributed by atoms with E-state index < -0.39 is 27.0 Å². The Morgan fingerprint density at radius 1 is 1.30 bits per heavy atom. The minimum Gasteiger partial charge on any atom is -0.390 e. The number of aliphatic hydroxyl groups excluding tert-OH is 1. The molecule has 3 atom stereocenters. The van der Waals surface area contributed by atoms with E-state index in [1.54, 1.807) is 36.4 Å². The lowest BCUT2D eigenvalue weighted by molar-refractivity contribution is 0.124. The van der Waals surface area contributed by atoms with Crippen molar-refractivity contribution in [2.75, 3.05) is 0 Å². The summed E-state index contributed by atoms with van der Waals surface area (Å²) in [6, 6.07) is 6.75. The predicted octanol–water partition coefficient (Wildman–Crippen LogP) is 3.38. The van der Waals surface area contributed by atoms with Crippen LogP contribution < -0.4 is 0 Å². The molecule has 1 aliphatic rings. The standard InChI is InChI=1S/C18H26O4S/c1-4-6-8-16(19)17-18(22-17,13-7-5-2)23(20,21)15-11-9-14(3)10-12-15/h7,9-13,16-17,19H,4-6,8H2,1-3H3/b13-7+/t16-,17+,18-/m0/s1. The van der Waals surface area contributed by atoms with Crippen LogP contribution in [0.5, 0.6) is 0 Å². The molecular weight excluding hydrogens is 312 g/mol. The van der Waals surface area contributed by atoms with E-state index in [0.29, 0.717) is 12.8 Å². The van der Waals surface area contributed by atoms with Crippen molar-refractivity contribution in [3.8, 4) is 0 Å². The molecule has 0 amide bonds. The Labute approximate surface area is 139 Å². The summed E-state index contributed by atoms with van der Waals surface area (Å²) in [5, 5.41) is 10.3. The first-order chi connectivity index (χ1) is 10.9. The number of hydrogen-bond donors (Lipinski definition) is 1. The van der Waals surface area contributed by atoms with Gasteiger partial charge >= 0.3 is 0 Å². The van der Waals surface area contributed by atoms with E-state index in [0.717, 1.165) is 18.4 Å². The van der Waals surface area contributed by atoms with Gasteiger partial charge in [0.05, 0.1) is 11.0 Å². The molecule has 1 saturated heterocycles. The molecule has 0 aromatic heterocycles. The molecule has 0 spiro atoms. The predicted molar refractivity (Wildman–Crippen MR) is 90.9 cm³/mol. The van der Waals surface area contributed by atoms with Crippen LogP contribution in [0.4, 0.5) is 0 Å². The summed E-state index contributed by atoms with van der Waals surface area (Å²) in [6.45, 7) is 5.88. The van der Waals surface area contributed by atoms with Gasteiger partial charge in [0.25, 0.3) is 0 Å². The second kappa shape index (κ2) is 7.16. The Bertz CT molecular complexity index is 648. The molecule has 0 saturated carbocycles. The Balaban J connectivity index is 2.33. The molecule has 1 aromatic rings. The maximum absolute atomic E-state index is 13.0. The van der Waals surface area contributed by atoms with Crippen molar-refractivity contribution in [3.05, 3.63) is 42.0 Å². The van der Waals surface area contributed by atoms with Gasteiger partial charge in [-0.1, -0.05) is 50.5 Å². The zero-order valence-electron chi connectivity index (χ0n) is 14.0. The lowest BCUT2D eigenvalue weighted by Crippen LogP contribution is -2.31. The maximum atomic E-state index is 13.0. The summed E-state index contributed by atoms with van der Waals surface area (Å²) in [7, 11) is -3.70. The average molecular weight is 338 g/mol. The highest BCUT2D eigenvalue weighted by Gasteiger charge is 2.67. The highest BCUT2D eigenvalue weighted by molar-refractivity contribution is 7.93. The van der Waals surface area contributed by atoms with Crippen molar-refractivity contribution in [2.24, 2.45) is 0 Å². The third kappa shape index (κ3) is 3.52. The van der Waals surface area contributed by atoms with Crippen LogP contribution in [-0.4, -0.2) is 30.7 Å². The summed E-state index contributed by atoms with van der Waals surface area (Å²) >= 11 is 0. The molecule has 0 bridgehead atoms. The fourth-order valence-electron chi connectivity index (χ4n) is 2.70. The van der Waals surface area contributed by atoms with Crippen molar-refractivity contribution in [2.45, 2.75) is 68.5 Å². The summed E-state index contributed by atoms with van der Waals surface area (Å²) < 4.78 is 31.7. The molecule has 1 fully saturated rings. The van der Waals surface area contributed by atoms with Crippen LogP contribution in [0.25, 0.3) is 0 Å². The molecule has 2 rings (SSSR count). The van der Waals surface area contributed by atoms with Crippen LogP contribution in [0.2, 0.25) is 0 Å². The van der Waals surface area contributed by atoms with Crippen molar-refractivity contribution >= 4 is 9.84 Å². The number of allylic oxidation sites excluding steroid dienone is 1. The van der Waals surface area contributed by atoms with Crippen LogP contribution in [0.15, 0.2) is 41.3 Å². The van der Waals surface area contributed by atoms with Crippen molar-refractivity contribution in [1.82, 2.24) is 0 Å². The maximum Gasteiger partial charge on any atom is 0.221 e. The summed E-state index contributed by atoms with van der Waals surface area (Å²) in [6.07, 6.45) is 4.99. The average Bonchev–Trinajstić information content (AvgIpc) is 3.27. The number of sulfone groups is 1. The lowest BCUT2D eigenvalue weighted by atomic mass is 10.1. The highest BCUT2D eigenvalue weighted by Crippen LogP contribution is 2.48. The number of hydrogen-bond acceptors (Lipinski definition) is 4. The van der Waals surface area contributed by atoms with Gasteiger partial charge in [0.1, 0.15) is 6.10 Å². The minimum absolute atomic E-state index is 0.231. The van der Waals surface area contributed by atoms with Crippen LogP contribution in [-0.2, 0) is 14.6 Å². The van der Waals surface area contributed by atoms with Crippen LogP contribution >= 0.6 is 0 Å². The summed E-state index contributed by atoms with van der Waals surface area (Å²) in [5.41, 5.74) is 0.998. The second-order valence-electron chi connectivity index (χ2n) is 6.10. The van der Waals surface area contributed by atoms with Gasteiger partial charge < -0.3 is 9.84 Å². The van der Waals surface area contributed by atoms with Crippen molar-refractivity contribution in [1.29, 1.82) is 0 Å². The summed E-state index contributed by atoms with van der Waals surface area (Å²) in [5.74, 6) is 0. The van der Waals surface area contributed by atoms with Gasteiger partial charge in [0.15, 0.2) is 0 Å².